The van der Waals surface area contributed by atoms with Gasteiger partial charge in [-0.05, 0) is 48.0 Å². The molecule has 1 aromatic heterocycles. The number of hydrogen-bond acceptors (Lipinski definition) is 5. The molecule has 0 aliphatic carbocycles. The van der Waals surface area contributed by atoms with Gasteiger partial charge in [-0.1, -0.05) is 58.8 Å². The Morgan fingerprint density at radius 2 is 1.69 bits per heavy atom. The number of carbonyl (C=O) groups excluding carboxylic acids is 2. The minimum Gasteiger partial charge on any atom is -0.368 e. The van der Waals surface area contributed by atoms with Crippen molar-refractivity contribution in [2.45, 2.75) is 6.42 Å². The van der Waals surface area contributed by atoms with Gasteiger partial charge in [0.05, 0.1) is 26.7 Å². The van der Waals surface area contributed by atoms with Gasteiger partial charge in [-0.2, -0.15) is 0 Å². The number of halogens is 2. The SMILES string of the molecule is O=C(Nc1nc2cc(N3CCN(C(=O)Cc4ccc(Cl)c(Cl)c4)CC3)ccc2s1)c1ccccc1. The minimum atomic E-state index is -0.174. The van der Waals surface area contributed by atoms with Crippen LogP contribution in [0.4, 0.5) is 10.8 Å². The molecule has 5 rings (SSSR count). The molecule has 2 amide bonds. The molecule has 35 heavy (non-hydrogen) atoms. The van der Waals surface area contributed by atoms with E-state index in [-0.39, 0.29) is 11.8 Å². The molecule has 0 bridgehead atoms. The third-order valence-electron chi connectivity index (χ3n) is 5.96. The van der Waals surface area contributed by atoms with Gasteiger partial charge < -0.3 is 9.80 Å². The maximum Gasteiger partial charge on any atom is 0.257 e. The van der Waals surface area contributed by atoms with E-state index in [0.29, 0.717) is 40.3 Å². The van der Waals surface area contributed by atoms with Crippen LogP contribution in [0.15, 0.2) is 66.7 Å². The van der Waals surface area contributed by atoms with Gasteiger partial charge in [-0.15, -0.1) is 0 Å². The fraction of sp³-hybridized carbons (Fsp3) is 0.192. The zero-order valence-corrected chi connectivity index (χ0v) is 21.0. The monoisotopic (exact) mass is 524 g/mol. The third kappa shape index (κ3) is 5.42. The second kappa shape index (κ2) is 10.2. The molecular formula is C26H22Cl2N4O2S. The summed E-state index contributed by atoms with van der Waals surface area (Å²) in [6.45, 7) is 2.77. The van der Waals surface area contributed by atoms with Crippen molar-refractivity contribution in [3.63, 3.8) is 0 Å². The van der Waals surface area contributed by atoms with Crippen LogP contribution in [0.1, 0.15) is 15.9 Å². The summed E-state index contributed by atoms with van der Waals surface area (Å²) in [5.41, 5.74) is 3.35. The Kier molecular flexibility index (Phi) is 6.90. The smallest absolute Gasteiger partial charge is 0.257 e. The maximum absolute atomic E-state index is 12.8. The number of carbonyl (C=O) groups is 2. The highest BCUT2D eigenvalue weighted by Gasteiger charge is 2.22. The number of aromatic nitrogens is 1. The van der Waals surface area contributed by atoms with E-state index in [9.17, 15) is 9.59 Å². The first-order chi connectivity index (χ1) is 17.0. The summed E-state index contributed by atoms with van der Waals surface area (Å²) in [5.74, 6) is -0.0941. The largest absolute Gasteiger partial charge is 0.368 e. The Bertz CT molecular complexity index is 1380. The first-order valence-electron chi connectivity index (χ1n) is 11.2. The zero-order valence-electron chi connectivity index (χ0n) is 18.7. The van der Waals surface area contributed by atoms with Crippen LogP contribution in [-0.4, -0.2) is 47.9 Å². The summed E-state index contributed by atoms with van der Waals surface area (Å²) in [4.78, 5) is 34.0. The molecule has 0 unspecified atom stereocenters. The van der Waals surface area contributed by atoms with E-state index < -0.39 is 0 Å². The fourth-order valence-electron chi connectivity index (χ4n) is 4.07. The lowest BCUT2D eigenvalue weighted by Crippen LogP contribution is -2.49. The summed E-state index contributed by atoms with van der Waals surface area (Å²) in [6.07, 6.45) is 0.305. The van der Waals surface area contributed by atoms with Gasteiger partial charge in [0.1, 0.15) is 0 Å². The standard InChI is InChI=1S/C26H22Cl2N4O2S/c27-20-8-6-17(14-21(20)28)15-24(33)32-12-10-31(11-13-32)19-7-9-23-22(16-19)29-26(35-23)30-25(34)18-4-2-1-3-5-18/h1-9,14,16H,10-13,15H2,(H,29,30,34). The van der Waals surface area contributed by atoms with Crippen molar-refractivity contribution in [3.05, 3.63) is 87.9 Å². The molecule has 0 saturated carbocycles. The van der Waals surface area contributed by atoms with Gasteiger partial charge in [0.2, 0.25) is 5.91 Å². The number of fused-ring (bicyclic) bond motifs is 1. The van der Waals surface area contributed by atoms with Crippen LogP contribution in [0.2, 0.25) is 10.0 Å². The predicted octanol–water partition coefficient (Wildman–Crippen LogP) is 5.75. The Morgan fingerprint density at radius 3 is 2.43 bits per heavy atom. The van der Waals surface area contributed by atoms with Crippen molar-refractivity contribution >= 4 is 67.4 Å². The maximum atomic E-state index is 12.8. The highest BCUT2D eigenvalue weighted by Crippen LogP contribution is 2.30. The van der Waals surface area contributed by atoms with E-state index in [4.69, 9.17) is 23.2 Å². The van der Waals surface area contributed by atoms with Crippen LogP contribution in [0.3, 0.4) is 0 Å². The van der Waals surface area contributed by atoms with Crippen LogP contribution in [-0.2, 0) is 11.2 Å². The molecule has 0 spiro atoms. The lowest BCUT2D eigenvalue weighted by atomic mass is 10.1. The summed E-state index contributed by atoms with van der Waals surface area (Å²) in [7, 11) is 0. The van der Waals surface area contributed by atoms with Crippen molar-refractivity contribution in [2.24, 2.45) is 0 Å². The molecule has 1 N–H and O–H groups in total. The van der Waals surface area contributed by atoms with Gasteiger partial charge in [0.25, 0.3) is 5.91 Å². The van der Waals surface area contributed by atoms with Crippen LogP contribution < -0.4 is 10.2 Å². The predicted molar refractivity (Wildman–Crippen MR) is 143 cm³/mol. The van der Waals surface area contributed by atoms with Gasteiger partial charge in [-0.25, -0.2) is 4.98 Å². The molecule has 4 aromatic rings. The van der Waals surface area contributed by atoms with E-state index in [1.54, 1.807) is 24.3 Å². The van der Waals surface area contributed by atoms with Crippen LogP contribution >= 0.6 is 34.5 Å². The normalized spacial score (nSPS) is 13.8. The second-order valence-electron chi connectivity index (χ2n) is 8.28. The number of amides is 2. The Labute approximate surface area is 217 Å². The summed E-state index contributed by atoms with van der Waals surface area (Å²) in [5, 5.41) is 4.40. The van der Waals surface area contributed by atoms with Crippen molar-refractivity contribution < 1.29 is 9.59 Å². The Balaban J connectivity index is 1.20. The van der Waals surface area contributed by atoms with Crippen LogP contribution in [0.25, 0.3) is 10.2 Å². The van der Waals surface area contributed by atoms with Crippen molar-refractivity contribution in [1.82, 2.24) is 9.88 Å². The quantitative estimate of drug-likeness (QED) is 0.361. The highest BCUT2D eigenvalue weighted by atomic mass is 35.5. The number of benzene rings is 3. The lowest BCUT2D eigenvalue weighted by Gasteiger charge is -2.36. The number of piperazine rings is 1. The second-order valence-corrected chi connectivity index (χ2v) is 10.1. The number of hydrogen-bond donors (Lipinski definition) is 1. The minimum absolute atomic E-state index is 0.0804. The first kappa shape index (κ1) is 23.6. The molecule has 2 heterocycles. The molecule has 178 valence electrons. The summed E-state index contributed by atoms with van der Waals surface area (Å²) in [6, 6.07) is 20.5. The van der Waals surface area contributed by atoms with E-state index >= 15 is 0 Å². The van der Waals surface area contributed by atoms with Gasteiger partial charge in [0.15, 0.2) is 5.13 Å². The van der Waals surface area contributed by atoms with Crippen molar-refractivity contribution in [3.8, 4) is 0 Å². The van der Waals surface area contributed by atoms with Gasteiger partial charge >= 0.3 is 0 Å². The third-order valence-corrected chi connectivity index (χ3v) is 7.66. The van der Waals surface area contributed by atoms with E-state index in [2.05, 4.69) is 21.3 Å². The average Bonchev–Trinajstić information content (AvgIpc) is 3.28. The molecule has 1 aliphatic heterocycles. The highest BCUT2D eigenvalue weighted by molar-refractivity contribution is 7.22. The van der Waals surface area contributed by atoms with Crippen LogP contribution in [0, 0.1) is 0 Å². The van der Waals surface area contributed by atoms with Crippen LogP contribution in [0.5, 0.6) is 0 Å². The number of nitrogens with one attached hydrogen (secondary N) is 1. The number of nitrogens with zero attached hydrogens (tertiary/aromatic N) is 3. The van der Waals surface area contributed by atoms with E-state index in [1.807, 2.05) is 41.3 Å². The number of rotatable bonds is 5. The number of thiazole rings is 1. The molecule has 1 saturated heterocycles. The zero-order chi connectivity index (χ0) is 24.4. The van der Waals surface area contributed by atoms with E-state index in [0.717, 1.165) is 34.6 Å². The molecule has 6 nitrogen and oxygen atoms in total. The summed E-state index contributed by atoms with van der Waals surface area (Å²) < 4.78 is 1.01. The molecule has 0 atom stereocenters. The average molecular weight is 525 g/mol. The van der Waals surface area contributed by atoms with Gasteiger partial charge in [-0.3, -0.25) is 14.9 Å². The number of anilines is 2. The lowest BCUT2D eigenvalue weighted by molar-refractivity contribution is -0.130. The summed E-state index contributed by atoms with van der Waals surface area (Å²) >= 11 is 13.5. The Hall–Kier alpha value is -3.13. The van der Waals surface area contributed by atoms with Crippen molar-refractivity contribution in [2.75, 3.05) is 36.4 Å². The molecule has 3 aromatic carbocycles. The Morgan fingerprint density at radius 1 is 0.914 bits per heavy atom. The topological polar surface area (TPSA) is 65.5 Å². The molecule has 9 heteroatoms. The first-order valence-corrected chi connectivity index (χ1v) is 12.8. The van der Waals surface area contributed by atoms with Crippen molar-refractivity contribution in [1.29, 1.82) is 0 Å². The molecule has 1 aliphatic rings. The molecule has 0 radical (unpaired) electrons. The van der Waals surface area contributed by atoms with Gasteiger partial charge in [0, 0.05) is 37.4 Å². The molecule has 1 fully saturated rings. The van der Waals surface area contributed by atoms with E-state index in [1.165, 1.54) is 11.3 Å². The molecular weight excluding hydrogens is 503 g/mol. The fourth-order valence-corrected chi connectivity index (χ4v) is 5.24.